The molecule has 0 saturated heterocycles. The largest absolute Gasteiger partial charge is 0.493 e. The van der Waals surface area contributed by atoms with Crippen molar-refractivity contribution in [2.45, 2.75) is 19.4 Å². The van der Waals surface area contributed by atoms with Gasteiger partial charge in [-0.2, -0.15) is 0 Å². The van der Waals surface area contributed by atoms with Gasteiger partial charge in [-0.15, -0.1) is 0 Å². The van der Waals surface area contributed by atoms with Crippen molar-refractivity contribution in [3.8, 4) is 5.75 Å². The van der Waals surface area contributed by atoms with Gasteiger partial charge >= 0.3 is 0 Å². The fraction of sp³-hybridized carbons (Fsp3) is 0.500. The zero-order chi connectivity index (χ0) is 11.1. The first-order chi connectivity index (χ1) is 7.29. The van der Waals surface area contributed by atoms with Gasteiger partial charge in [0.2, 0.25) is 0 Å². The Morgan fingerprint density at radius 2 is 2.13 bits per heavy atom. The normalized spacial score (nSPS) is 12.5. The zero-order valence-corrected chi connectivity index (χ0v) is 9.36. The average Bonchev–Trinajstić information content (AvgIpc) is 2.27. The molecule has 2 N–H and O–H groups in total. The summed E-state index contributed by atoms with van der Waals surface area (Å²) in [6, 6.07) is 7.62. The number of benzene rings is 1. The second kappa shape index (κ2) is 6.43. The van der Waals surface area contributed by atoms with Crippen molar-refractivity contribution in [3.05, 3.63) is 29.8 Å². The van der Waals surface area contributed by atoms with Gasteiger partial charge in [-0.25, -0.2) is 0 Å². The molecule has 0 heterocycles. The lowest BCUT2D eigenvalue weighted by Gasteiger charge is -2.15. The molecule has 1 aromatic carbocycles. The van der Waals surface area contributed by atoms with E-state index >= 15 is 0 Å². The van der Waals surface area contributed by atoms with Crippen LogP contribution in [0.1, 0.15) is 25.0 Å². The Hall–Kier alpha value is -1.06. The fourth-order valence-corrected chi connectivity index (χ4v) is 1.40. The van der Waals surface area contributed by atoms with Crippen LogP contribution < -0.4 is 10.1 Å². The summed E-state index contributed by atoms with van der Waals surface area (Å²) in [6.07, 6.45) is 0.458. The third-order valence-corrected chi connectivity index (χ3v) is 2.14. The first kappa shape index (κ1) is 12.0. The number of hydrogen-bond donors (Lipinski definition) is 2. The highest BCUT2D eigenvalue weighted by Gasteiger charge is 2.11. The van der Waals surface area contributed by atoms with Gasteiger partial charge in [0.25, 0.3) is 0 Å². The van der Waals surface area contributed by atoms with Crippen LogP contribution in [0.25, 0.3) is 0 Å². The Labute approximate surface area is 91.1 Å². The third kappa shape index (κ3) is 3.53. The molecule has 0 aliphatic carbocycles. The van der Waals surface area contributed by atoms with E-state index in [0.717, 1.165) is 17.7 Å². The van der Waals surface area contributed by atoms with Crippen molar-refractivity contribution in [2.24, 2.45) is 0 Å². The minimum atomic E-state index is -0.511. The summed E-state index contributed by atoms with van der Waals surface area (Å²) in [5, 5.41) is 12.8. The minimum Gasteiger partial charge on any atom is -0.493 e. The van der Waals surface area contributed by atoms with Crippen LogP contribution in [0.5, 0.6) is 5.75 Å². The van der Waals surface area contributed by atoms with E-state index in [1.807, 2.05) is 31.3 Å². The molecule has 0 amide bonds. The average molecular weight is 209 g/mol. The number of hydrogen-bond acceptors (Lipinski definition) is 3. The Bertz CT molecular complexity index is 289. The number of aliphatic hydroxyl groups excluding tert-OH is 1. The summed E-state index contributed by atoms with van der Waals surface area (Å²) >= 11 is 0. The van der Waals surface area contributed by atoms with E-state index in [-0.39, 0.29) is 0 Å². The summed E-state index contributed by atoms with van der Waals surface area (Å²) in [7, 11) is 1.82. The van der Waals surface area contributed by atoms with E-state index in [2.05, 4.69) is 12.2 Å². The lowest BCUT2D eigenvalue weighted by molar-refractivity contribution is 0.171. The predicted octanol–water partition coefficient (Wildman–Crippen LogP) is 1.73. The van der Waals surface area contributed by atoms with Crippen LogP contribution >= 0.6 is 0 Å². The second-order valence-corrected chi connectivity index (χ2v) is 3.46. The maximum Gasteiger partial charge on any atom is 0.125 e. The van der Waals surface area contributed by atoms with Gasteiger partial charge in [-0.1, -0.05) is 25.1 Å². The molecule has 0 saturated carbocycles. The monoisotopic (exact) mass is 209 g/mol. The number of rotatable bonds is 6. The molecule has 0 aliphatic rings. The summed E-state index contributed by atoms with van der Waals surface area (Å²) in [5.74, 6) is 0.780. The molecule has 1 atom stereocenters. The highest BCUT2D eigenvalue weighted by molar-refractivity contribution is 5.35. The highest BCUT2D eigenvalue weighted by Crippen LogP contribution is 2.24. The van der Waals surface area contributed by atoms with Crippen LogP contribution in [0.4, 0.5) is 0 Å². The Kier molecular flexibility index (Phi) is 5.15. The molecule has 3 heteroatoms. The highest BCUT2D eigenvalue weighted by atomic mass is 16.5. The summed E-state index contributed by atoms with van der Waals surface area (Å²) < 4.78 is 5.57. The number of ether oxygens (including phenoxy) is 1. The summed E-state index contributed by atoms with van der Waals surface area (Å²) in [5.41, 5.74) is 0.848. The van der Waals surface area contributed by atoms with E-state index in [0.29, 0.717) is 13.2 Å². The molecule has 1 aromatic rings. The molecule has 0 bridgehead atoms. The molecule has 0 aliphatic heterocycles. The van der Waals surface area contributed by atoms with Gasteiger partial charge in [0.15, 0.2) is 0 Å². The van der Waals surface area contributed by atoms with Crippen molar-refractivity contribution < 1.29 is 9.84 Å². The molecule has 0 aromatic heterocycles. The number of likely N-dealkylation sites (N-methyl/N-ethyl adjacent to an activating group) is 1. The summed E-state index contributed by atoms with van der Waals surface area (Å²) in [4.78, 5) is 0. The van der Waals surface area contributed by atoms with Crippen LogP contribution in [0, 0.1) is 0 Å². The van der Waals surface area contributed by atoms with E-state index in [1.165, 1.54) is 0 Å². The summed E-state index contributed by atoms with van der Waals surface area (Å²) in [6.45, 7) is 3.28. The maximum atomic E-state index is 9.86. The first-order valence-electron chi connectivity index (χ1n) is 5.34. The predicted molar refractivity (Wildman–Crippen MR) is 61.1 cm³/mol. The zero-order valence-electron chi connectivity index (χ0n) is 9.36. The number of para-hydroxylation sites is 1. The van der Waals surface area contributed by atoms with Gasteiger partial charge < -0.3 is 15.2 Å². The molecule has 84 valence electrons. The Morgan fingerprint density at radius 3 is 2.80 bits per heavy atom. The maximum absolute atomic E-state index is 9.86. The number of aliphatic hydroxyl groups is 1. The standard InChI is InChI=1S/C12H19NO2/c1-3-8-15-12-7-5-4-6-10(12)11(14)9-13-2/h4-7,11,13-14H,3,8-9H2,1-2H3. The second-order valence-electron chi connectivity index (χ2n) is 3.46. The van der Waals surface area contributed by atoms with Crippen LogP contribution in [-0.2, 0) is 0 Å². The molecule has 1 rings (SSSR count). The van der Waals surface area contributed by atoms with Crippen molar-refractivity contribution in [1.82, 2.24) is 5.32 Å². The SMILES string of the molecule is CCCOc1ccccc1C(O)CNC. The van der Waals surface area contributed by atoms with Crippen molar-refractivity contribution in [3.63, 3.8) is 0 Å². The van der Waals surface area contributed by atoms with Crippen molar-refractivity contribution in [1.29, 1.82) is 0 Å². The van der Waals surface area contributed by atoms with Crippen LogP contribution in [0.3, 0.4) is 0 Å². The lowest BCUT2D eigenvalue weighted by Crippen LogP contribution is -2.17. The van der Waals surface area contributed by atoms with E-state index in [1.54, 1.807) is 0 Å². The molecule has 15 heavy (non-hydrogen) atoms. The smallest absolute Gasteiger partial charge is 0.125 e. The molecule has 0 fully saturated rings. The number of nitrogens with one attached hydrogen (secondary N) is 1. The van der Waals surface area contributed by atoms with E-state index in [9.17, 15) is 5.11 Å². The molecule has 1 unspecified atom stereocenters. The molecule has 0 radical (unpaired) electrons. The molecular formula is C12H19NO2. The Morgan fingerprint density at radius 1 is 1.40 bits per heavy atom. The topological polar surface area (TPSA) is 41.5 Å². The van der Waals surface area contributed by atoms with Crippen LogP contribution in [0.2, 0.25) is 0 Å². The quantitative estimate of drug-likeness (QED) is 0.749. The van der Waals surface area contributed by atoms with Crippen molar-refractivity contribution in [2.75, 3.05) is 20.2 Å². The van der Waals surface area contributed by atoms with Crippen LogP contribution in [-0.4, -0.2) is 25.3 Å². The van der Waals surface area contributed by atoms with Gasteiger partial charge in [0, 0.05) is 12.1 Å². The van der Waals surface area contributed by atoms with Crippen molar-refractivity contribution >= 4 is 0 Å². The molecule has 3 nitrogen and oxygen atoms in total. The van der Waals surface area contributed by atoms with Gasteiger partial charge in [-0.3, -0.25) is 0 Å². The Balaban J connectivity index is 2.75. The first-order valence-corrected chi connectivity index (χ1v) is 5.34. The third-order valence-electron chi connectivity index (χ3n) is 2.14. The molecular weight excluding hydrogens is 190 g/mol. The van der Waals surface area contributed by atoms with Gasteiger partial charge in [-0.05, 0) is 19.5 Å². The molecule has 0 spiro atoms. The fourth-order valence-electron chi connectivity index (χ4n) is 1.40. The van der Waals surface area contributed by atoms with Gasteiger partial charge in [0.1, 0.15) is 5.75 Å². The van der Waals surface area contributed by atoms with Crippen LogP contribution in [0.15, 0.2) is 24.3 Å². The van der Waals surface area contributed by atoms with Gasteiger partial charge in [0.05, 0.1) is 12.7 Å². The van der Waals surface area contributed by atoms with E-state index in [4.69, 9.17) is 4.74 Å². The van der Waals surface area contributed by atoms with E-state index < -0.39 is 6.10 Å². The minimum absolute atomic E-state index is 0.511. The lowest BCUT2D eigenvalue weighted by atomic mass is 10.1.